The quantitative estimate of drug-likeness (QED) is 0.282. The van der Waals surface area contributed by atoms with Crippen molar-refractivity contribution in [3.63, 3.8) is 0 Å². The van der Waals surface area contributed by atoms with Gasteiger partial charge in [-0.3, -0.25) is 19.2 Å². The molecule has 0 saturated carbocycles. The van der Waals surface area contributed by atoms with Crippen molar-refractivity contribution in [1.29, 1.82) is 0 Å². The molecule has 0 bridgehead atoms. The third-order valence-electron chi connectivity index (χ3n) is 6.54. The van der Waals surface area contributed by atoms with Gasteiger partial charge in [-0.2, -0.15) is 0 Å². The number of hydrogen-bond acceptors (Lipinski definition) is 7. The lowest BCUT2D eigenvalue weighted by Gasteiger charge is -2.26. The van der Waals surface area contributed by atoms with E-state index in [-0.39, 0.29) is 46.2 Å². The van der Waals surface area contributed by atoms with Gasteiger partial charge in [-0.15, -0.1) is 0 Å². The second kappa shape index (κ2) is 9.85. The SMILES string of the molecule is CC(C)[C@@H](Nc1c(Nc2cccc(C(=O)N(C)C)c2O)c(=O)c1=O)C(=O)N[C@@H]1CCc2ccccc21. The molecule has 0 saturated heterocycles. The Labute approximate surface area is 208 Å². The van der Waals surface area contributed by atoms with E-state index in [1.54, 1.807) is 20.2 Å². The Morgan fingerprint density at radius 1 is 1.00 bits per heavy atom. The molecule has 0 heterocycles. The zero-order chi connectivity index (χ0) is 26.1. The Kier molecular flexibility index (Phi) is 6.83. The number of amides is 2. The monoisotopic (exact) mass is 490 g/mol. The average Bonchev–Trinajstić information content (AvgIpc) is 3.26. The molecule has 9 nitrogen and oxygen atoms in total. The number of benzene rings is 2. The predicted molar refractivity (Wildman–Crippen MR) is 139 cm³/mol. The second-order valence-electron chi connectivity index (χ2n) is 9.60. The molecule has 36 heavy (non-hydrogen) atoms. The van der Waals surface area contributed by atoms with E-state index < -0.39 is 22.8 Å². The molecule has 3 aromatic carbocycles. The number of anilines is 3. The van der Waals surface area contributed by atoms with E-state index in [4.69, 9.17) is 0 Å². The summed E-state index contributed by atoms with van der Waals surface area (Å²) in [5, 5.41) is 19.4. The summed E-state index contributed by atoms with van der Waals surface area (Å²) in [6.45, 7) is 3.70. The van der Waals surface area contributed by atoms with Crippen LogP contribution in [0.2, 0.25) is 0 Å². The summed E-state index contributed by atoms with van der Waals surface area (Å²) in [5.74, 6) is -1.21. The van der Waals surface area contributed by atoms with Crippen molar-refractivity contribution in [3.05, 3.63) is 79.6 Å². The van der Waals surface area contributed by atoms with Crippen LogP contribution in [0.5, 0.6) is 5.75 Å². The second-order valence-corrected chi connectivity index (χ2v) is 9.60. The highest BCUT2D eigenvalue weighted by atomic mass is 16.3. The number of aryl methyl sites for hydroxylation is 1. The van der Waals surface area contributed by atoms with Crippen molar-refractivity contribution in [3.8, 4) is 5.75 Å². The summed E-state index contributed by atoms with van der Waals surface area (Å²) >= 11 is 0. The van der Waals surface area contributed by atoms with Crippen LogP contribution in [0.3, 0.4) is 0 Å². The van der Waals surface area contributed by atoms with Crippen LogP contribution in [0, 0.1) is 5.92 Å². The van der Waals surface area contributed by atoms with Crippen LogP contribution < -0.4 is 26.8 Å². The Morgan fingerprint density at radius 2 is 1.69 bits per heavy atom. The fraction of sp³-hybridized carbons (Fsp3) is 0.333. The number of aromatic hydroxyl groups is 1. The molecule has 1 aliphatic rings. The number of nitrogens with zero attached hydrogens (tertiary/aromatic N) is 1. The number of carbonyl (C=O) groups is 2. The molecule has 0 aromatic heterocycles. The minimum absolute atomic E-state index is 0.0237. The fourth-order valence-corrected chi connectivity index (χ4v) is 4.50. The number of para-hydroxylation sites is 1. The molecule has 2 atom stereocenters. The van der Waals surface area contributed by atoms with Gasteiger partial charge in [0.2, 0.25) is 5.91 Å². The first kappa shape index (κ1) is 25.0. The molecule has 1 aliphatic carbocycles. The number of fused-ring (bicyclic) bond motifs is 1. The molecular formula is C27H30N4O5. The first-order valence-corrected chi connectivity index (χ1v) is 11.9. The zero-order valence-corrected chi connectivity index (χ0v) is 20.7. The lowest BCUT2D eigenvalue weighted by molar-refractivity contribution is -0.123. The molecule has 0 fully saturated rings. The molecule has 4 N–H and O–H groups in total. The van der Waals surface area contributed by atoms with Crippen LogP contribution in [0.15, 0.2) is 52.1 Å². The van der Waals surface area contributed by atoms with E-state index >= 15 is 0 Å². The van der Waals surface area contributed by atoms with Gasteiger partial charge < -0.3 is 26.0 Å². The average molecular weight is 491 g/mol. The van der Waals surface area contributed by atoms with Gasteiger partial charge in [0.25, 0.3) is 16.8 Å². The molecule has 0 radical (unpaired) electrons. The number of nitrogens with one attached hydrogen (secondary N) is 3. The van der Waals surface area contributed by atoms with E-state index in [9.17, 15) is 24.3 Å². The number of phenolic OH excluding ortho intramolecular Hbond substituents is 1. The maximum Gasteiger partial charge on any atom is 0.257 e. The summed E-state index contributed by atoms with van der Waals surface area (Å²) in [6, 6.07) is 11.6. The van der Waals surface area contributed by atoms with Crippen LogP contribution in [0.1, 0.15) is 47.8 Å². The number of carbonyl (C=O) groups excluding carboxylic acids is 2. The van der Waals surface area contributed by atoms with Gasteiger partial charge in [-0.05, 0) is 42.0 Å². The van der Waals surface area contributed by atoms with Crippen molar-refractivity contribution in [1.82, 2.24) is 10.2 Å². The number of phenols is 1. The van der Waals surface area contributed by atoms with Gasteiger partial charge in [0.05, 0.1) is 17.3 Å². The normalized spacial score (nSPS) is 15.4. The smallest absolute Gasteiger partial charge is 0.257 e. The van der Waals surface area contributed by atoms with Crippen LogP contribution in [-0.4, -0.2) is 42.0 Å². The highest BCUT2D eigenvalue weighted by Crippen LogP contribution is 2.33. The minimum Gasteiger partial charge on any atom is -0.505 e. The largest absolute Gasteiger partial charge is 0.505 e. The van der Waals surface area contributed by atoms with Crippen molar-refractivity contribution in [2.75, 3.05) is 24.7 Å². The van der Waals surface area contributed by atoms with E-state index in [0.717, 1.165) is 18.4 Å². The lowest BCUT2D eigenvalue weighted by atomic mass is 10.0. The molecule has 0 aliphatic heterocycles. The van der Waals surface area contributed by atoms with Gasteiger partial charge in [-0.25, -0.2) is 0 Å². The highest BCUT2D eigenvalue weighted by molar-refractivity contribution is 5.99. The van der Waals surface area contributed by atoms with Crippen LogP contribution in [0.25, 0.3) is 0 Å². The van der Waals surface area contributed by atoms with E-state index in [1.807, 2.05) is 32.0 Å². The van der Waals surface area contributed by atoms with Crippen LogP contribution >= 0.6 is 0 Å². The van der Waals surface area contributed by atoms with Gasteiger partial charge in [0.1, 0.15) is 17.4 Å². The molecule has 9 heteroatoms. The third kappa shape index (κ3) is 4.56. The van der Waals surface area contributed by atoms with Crippen molar-refractivity contribution in [2.45, 2.75) is 38.8 Å². The molecular weight excluding hydrogens is 460 g/mol. The van der Waals surface area contributed by atoms with E-state index in [0.29, 0.717) is 0 Å². The predicted octanol–water partition coefficient (Wildman–Crippen LogP) is 2.67. The maximum absolute atomic E-state index is 13.2. The van der Waals surface area contributed by atoms with Crippen molar-refractivity contribution < 1.29 is 14.7 Å². The molecule has 0 unspecified atom stereocenters. The minimum atomic E-state index is -0.770. The fourth-order valence-electron chi connectivity index (χ4n) is 4.50. The van der Waals surface area contributed by atoms with Gasteiger partial charge in [-0.1, -0.05) is 44.2 Å². The lowest BCUT2D eigenvalue weighted by Crippen LogP contribution is -2.47. The van der Waals surface area contributed by atoms with E-state index in [1.165, 1.54) is 22.6 Å². The Bertz CT molecular complexity index is 1390. The number of hydrogen-bond donors (Lipinski definition) is 4. The summed E-state index contributed by atoms with van der Waals surface area (Å²) in [5.41, 5.74) is 0.850. The standard InChI is InChI=1S/C27H30N4O5/c1-14(2)20(26(35)29-18-13-12-15-8-5-6-9-16(15)18)30-22-21(24(33)25(22)34)28-19-11-7-10-17(23(19)32)27(36)31(3)4/h5-11,14,18,20,28,30,32H,12-13H2,1-4H3,(H,29,35)/t18-,20-/m1/s1. The van der Waals surface area contributed by atoms with Gasteiger partial charge >= 0.3 is 0 Å². The first-order valence-electron chi connectivity index (χ1n) is 11.9. The highest BCUT2D eigenvalue weighted by Gasteiger charge is 2.32. The topological polar surface area (TPSA) is 128 Å². The van der Waals surface area contributed by atoms with Crippen LogP contribution in [-0.2, 0) is 11.2 Å². The Morgan fingerprint density at radius 3 is 2.39 bits per heavy atom. The summed E-state index contributed by atoms with van der Waals surface area (Å²) in [7, 11) is 3.11. The molecule has 4 rings (SSSR count). The Hall–Kier alpha value is -4.14. The van der Waals surface area contributed by atoms with Crippen molar-refractivity contribution in [2.24, 2.45) is 5.92 Å². The summed E-state index contributed by atoms with van der Waals surface area (Å²) < 4.78 is 0. The Balaban J connectivity index is 1.55. The molecule has 3 aromatic rings. The van der Waals surface area contributed by atoms with Crippen LogP contribution in [0.4, 0.5) is 17.1 Å². The summed E-state index contributed by atoms with van der Waals surface area (Å²) in [4.78, 5) is 51.7. The first-order chi connectivity index (χ1) is 17.1. The molecule has 0 spiro atoms. The van der Waals surface area contributed by atoms with Gasteiger partial charge in [0.15, 0.2) is 5.75 Å². The maximum atomic E-state index is 13.2. The summed E-state index contributed by atoms with van der Waals surface area (Å²) in [6.07, 6.45) is 1.68. The molecule has 2 amide bonds. The van der Waals surface area contributed by atoms with E-state index in [2.05, 4.69) is 22.0 Å². The van der Waals surface area contributed by atoms with Crippen molar-refractivity contribution >= 4 is 28.9 Å². The number of rotatable bonds is 8. The third-order valence-corrected chi connectivity index (χ3v) is 6.54. The molecule has 188 valence electrons. The van der Waals surface area contributed by atoms with Gasteiger partial charge in [0, 0.05) is 14.1 Å². The zero-order valence-electron chi connectivity index (χ0n) is 20.7.